The predicted octanol–water partition coefficient (Wildman–Crippen LogP) is 2.87. The van der Waals surface area contributed by atoms with Crippen LogP contribution in [0.3, 0.4) is 0 Å². The average molecular weight is 355 g/mol. The maximum absolute atomic E-state index is 12.8. The maximum atomic E-state index is 12.8. The molecule has 0 aromatic carbocycles. The summed E-state index contributed by atoms with van der Waals surface area (Å²) in [6, 6.07) is 2.35. The van der Waals surface area contributed by atoms with Crippen LogP contribution < -0.4 is 5.73 Å². The summed E-state index contributed by atoms with van der Waals surface area (Å²) in [6.45, 7) is 6.73. The number of Topliss-reactive ketones (excluding diaryl/α,β-unsaturated/α-hetero) is 2. The minimum Gasteiger partial charge on any atom is -0.374 e. The van der Waals surface area contributed by atoms with Crippen LogP contribution in [0.2, 0.25) is 0 Å². The topological polar surface area (TPSA) is 87.2 Å². The minimum absolute atomic E-state index is 0.0496. The highest BCUT2D eigenvalue weighted by Crippen LogP contribution is 2.45. The molecule has 1 saturated carbocycles. The van der Waals surface area contributed by atoms with Crippen LogP contribution in [0, 0.1) is 22.7 Å². The zero-order valence-corrected chi connectivity index (χ0v) is 15.9. The lowest BCUT2D eigenvalue weighted by Gasteiger charge is -2.38. The quantitative estimate of drug-likeness (QED) is 0.621. The van der Waals surface area contributed by atoms with E-state index in [1.165, 1.54) is 0 Å². The van der Waals surface area contributed by atoms with E-state index in [1.54, 1.807) is 0 Å². The highest BCUT2D eigenvalue weighted by Gasteiger charge is 2.39. The first-order chi connectivity index (χ1) is 12.4. The Morgan fingerprint density at radius 1 is 1.15 bits per heavy atom. The number of likely N-dealkylation sites (tertiary alicyclic amines) is 1. The van der Waals surface area contributed by atoms with E-state index >= 15 is 0 Å². The van der Waals surface area contributed by atoms with Crippen molar-refractivity contribution in [3.63, 3.8) is 0 Å². The Morgan fingerprint density at radius 3 is 2.31 bits per heavy atom. The molecule has 140 valence electrons. The Morgan fingerprint density at radius 2 is 1.77 bits per heavy atom. The molecule has 5 nitrogen and oxygen atoms in total. The largest absolute Gasteiger partial charge is 0.374 e. The molecule has 2 N–H and O–H groups in total. The Labute approximate surface area is 155 Å². The molecule has 5 heteroatoms. The molecule has 0 aromatic heterocycles. The second-order valence-corrected chi connectivity index (χ2v) is 8.70. The summed E-state index contributed by atoms with van der Waals surface area (Å²) < 4.78 is 0. The van der Waals surface area contributed by atoms with E-state index in [-0.39, 0.29) is 22.9 Å². The van der Waals surface area contributed by atoms with E-state index in [0.717, 1.165) is 38.0 Å². The summed E-state index contributed by atoms with van der Waals surface area (Å²) in [7, 11) is 0. The second-order valence-electron chi connectivity index (χ2n) is 8.70. The monoisotopic (exact) mass is 355 g/mol. The van der Waals surface area contributed by atoms with Gasteiger partial charge in [0.15, 0.2) is 11.6 Å². The third kappa shape index (κ3) is 3.61. The molecule has 1 aliphatic heterocycles. The Hall–Kier alpha value is -1.93. The van der Waals surface area contributed by atoms with Gasteiger partial charge in [-0.05, 0) is 55.6 Å². The van der Waals surface area contributed by atoms with Crippen LogP contribution in [0.1, 0.15) is 58.8 Å². The van der Waals surface area contributed by atoms with Crippen molar-refractivity contribution in [3.05, 3.63) is 22.4 Å². The number of hydrogen-bond donors (Lipinski definition) is 1. The van der Waals surface area contributed by atoms with Crippen molar-refractivity contribution in [2.24, 2.45) is 17.1 Å². The summed E-state index contributed by atoms with van der Waals surface area (Å²) >= 11 is 0. The van der Waals surface area contributed by atoms with Crippen LogP contribution in [0.15, 0.2) is 22.4 Å². The minimum atomic E-state index is -0.0964. The third-order valence-corrected chi connectivity index (χ3v) is 5.87. The molecule has 2 aliphatic carbocycles. The van der Waals surface area contributed by atoms with Crippen LogP contribution in [-0.4, -0.2) is 36.1 Å². The fourth-order valence-corrected chi connectivity index (χ4v) is 4.68. The molecule has 1 saturated heterocycles. The fourth-order valence-electron chi connectivity index (χ4n) is 4.68. The van der Waals surface area contributed by atoms with Gasteiger partial charge in [0, 0.05) is 31.6 Å². The number of carbonyl (C=O) groups excluding carboxylic acids is 2. The van der Waals surface area contributed by atoms with Crippen LogP contribution in [-0.2, 0) is 9.59 Å². The number of ketones is 2. The number of nitriles is 1. The van der Waals surface area contributed by atoms with Gasteiger partial charge in [-0.1, -0.05) is 13.8 Å². The fraction of sp³-hybridized carbons (Fsp3) is 0.667. The molecule has 3 aliphatic rings. The second kappa shape index (κ2) is 7.36. The molecule has 0 bridgehead atoms. The van der Waals surface area contributed by atoms with E-state index in [0.29, 0.717) is 48.9 Å². The van der Waals surface area contributed by atoms with Crippen LogP contribution >= 0.6 is 0 Å². The van der Waals surface area contributed by atoms with Crippen LogP contribution in [0.25, 0.3) is 0 Å². The molecule has 0 aromatic rings. The van der Waals surface area contributed by atoms with E-state index in [1.807, 2.05) is 0 Å². The summed E-state index contributed by atoms with van der Waals surface area (Å²) in [4.78, 5) is 27.9. The van der Waals surface area contributed by atoms with Gasteiger partial charge in [-0.25, -0.2) is 0 Å². The average Bonchev–Trinajstić information content (AvgIpc) is 3.07. The molecule has 0 atom stereocenters. The molecular formula is C21H29N3O2. The summed E-state index contributed by atoms with van der Waals surface area (Å²) in [5.41, 5.74) is 8.17. The standard InChI is InChI=1S/C21H29N3O2/c1-21(2)11-15(16(13-23)17(12-21)24-7-3-4-8-24)20-18(25)9-14(5-6-22)10-19(20)26/h14H,3-12,22H2,1-2H3. The van der Waals surface area contributed by atoms with Gasteiger partial charge in [0.25, 0.3) is 0 Å². The molecule has 0 unspecified atom stereocenters. The summed E-state index contributed by atoms with van der Waals surface area (Å²) in [5, 5.41) is 9.89. The molecule has 1 heterocycles. The zero-order chi connectivity index (χ0) is 18.9. The van der Waals surface area contributed by atoms with Gasteiger partial charge in [-0.2, -0.15) is 5.26 Å². The lowest BCUT2D eigenvalue weighted by atomic mass is 9.69. The van der Waals surface area contributed by atoms with Crippen molar-refractivity contribution in [2.45, 2.75) is 58.8 Å². The SMILES string of the molecule is CC1(C)CC(=C2C(=O)CC(CCN)CC2=O)C(C#N)=C(N2CCCC2)C1. The summed E-state index contributed by atoms with van der Waals surface area (Å²) in [6.07, 6.45) is 5.15. The van der Waals surface area contributed by atoms with Crippen molar-refractivity contribution < 1.29 is 9.59 Å². The molecule has 0 spiro atoms. The Balaban J connectivity index is 2.07. The number of allylic oxidation sites excluding steroid dienone is 4. The number of hydrogen-bond acceptors (Lipinski definition) is 5. The molecule has 3 rings (SSSR count). The number of nitrogens with zero attached hydrogens (tertiary/aromatic N) is 2. The molecule has 26 heavy (non-hydrogen) atoms. The van der Waals surface area contributed by atoms with Crippen molar-refractivity contribution in [3.8, 4) is 6.07 Å². The van der Waals surface area contributed by atoms with Gasteiger partial charge in [0.2, 0.25) is 0 Å². The van der Waals surface area contributed by atoms with Crippen molar-refractivity contribution in [1.29, 1.82) is 5.26 Å². The van der Waals surface area contributed by atoms with Crippen LogP contribution in [0.5, 0.6) is 0 Å². The summed E-state index contributed by atoms with van der Waals surface area (Å²) in [5.74, 6) is -0.143. The number of nitrogens with two attached hydrogens (primary N) is 1. The first-order valence-electron chi connectivity index (χ1n) is 9.74. The normalized spacial score (nSPS) is 26.5. The lowest BCUT2D eigenvalue weighted by molar-refractivity contribution is -0.125. The first kappa shape index (κ1) is 18.8. The van der Waals surface area contributed by atoms with Crippen molar-refractivity contribution >= 4 is 11.6 Å². The van der Waals surface area contributed by atoms with Gasteiger partial charge in [-0.3, -0.25) is 9.59 Å². The Bertz CT molecular complexity index is 698. The first-order valence-corrected chi connectivity index (χ1v) is 9.74. The predicted molar refractivity (Wildman–Crippen MR) is 99.9 cm³/mol. The van der Waals surface area contributed by atoms with Gasteiger partial charge < -0.3 is 10.6 Å². The molecule has 0 radical (unpaired) electrons. The van der Waals surface area contributed by atoms with Gasteiger partial charge >= 0.3 is 0 Å². The van der Waals surface area contributed by atoms with E-state index < -0.39 is 0 Å². The molecule has 2 fully saturated rings. The van der Waals surface area contributed by atoms with Gasteiger partial charge in [0.05, 0.1) is 11.1 Å². The smallest absolute Gasteiger partial charge is 0.167 e. The van der Waals surface area contributed by atoms with E-state index in [4.69, 9.17) is 5.73 Å². The number of rotatable bonds is 3. The highest BCUT2D eigenvalue weighted by molar-refractivity contribution is 6.23. The van der Waals surface area contributed by atoms with Gasteiger partial charge in [0.1, 0.15) is 6.07 Å². The highest BCUT2D eigenvalue weighted by atomic mass is 16.1. The maximum Gasteiger partial charge on any atom is 0.167 e. The van der Waals surface area contributed by atoms with Crippen molar-refractivity contribution in [2.75, 3.05) is 19.6 Å². The van der Waals surface area contributed by atoms with Crippen LogP contribution in [0.4, 0.5) is 0 Å². The van der Waals surface area contributed by atoms with Gasteiger partial charge in [-0.15, -0.1) is 0 Å². The zero-order valence-electron chi connectivity index (χ0n) is 15.9. The van der Waals surface area contributed by atoms with Crippen molar-refractivity contribution in [1.82, 2.24) is 4.90 Å². The molecule has 0 amide bonds. The third-order valence-electron chi connectivity index (χ3n) is 5.87. The van der Waals surface area contributed by atoms with E-state index in [9.17, 15) is 14.9 Å². The molecular weight excluding hydrogens is 326 g/mol. The number of carbonyl (C=O) groups is 2. The van der Waals surface area contributed by atoms with E-state index in [2.05, 4.69) is 24.8 Å². The lowest BCUT2D eigenvalue weighted by Crippen LogP contribution is -2.33. The Kier molecular flexibility index (Phi) is 5.34.